The highest BCUT2D eigenvalue weighted by molar-refractivity contribution is 5.85. The largest absolute Gasteiger partial charge is 0.458 e. The van der Waals surface area contributed by atoms with Crippen molar-refractivity contribution in [2.45, 2.75) is 12.8 Å². The van der Waals surface area contributed by atoms with Gasteiger partial charge in [0.2, 0.25) is 0 Å². The molecule has 0 saturated carbocycles. The Balaban J connectivity index is 0.00000144. The summed E-state index contributed by atoms with van der Waals surface area (Å²) in [6.07, 6.45) is 2.23. The van der Waals surface area contributed by atoms with E-state index in [0.717, 1.165) is 25.9 Å². The summed E-state index contributed by atoms with van der Waals surface area (Å²) in [7, 11) is 0. The second-order valence-corrected chi connectivity index (χ2v) is 2.82. The molecule has 0 radical (unpaired) electrons. The van der Waals surface area contributed by atoms with Crippen LogP contribution in [0.25, 0.3) is 0 Å². The van der Waals surface area contributed by atoms with Gasteiger partial charge in [0.15, 0.2) is 6.29 Å². The Hall–Kier alpha value is -0.610. The third kappa shape index (κ3) is 4.24. The van der Waals surface area contributed by atoms with Crippen molar-refractivity contribution in [3.63, 3.8) is 0 Å². The number of piperidine rings is 1. The number of hydrogen-bond donors (Lipinski definition) is 1. The summed E-state index contributed by atoms with van der Waals surface area (Å²) in [5, 5.41) is 3.15. The van der Waals surface area contributed by atoms with Crippen LogP contribution in [-0.2, 0) is 14.3 Å². The zero-order valence-electron chi connectivity index (χ0n) is 7.32. The third-order valence-corrected chi connectivity index (χ3v) is 1.97. The number of nitrogens with one attached hydrogen (secondary N) is 1. The molecule has 0 atom stereocenters. The monoisotopic (exact) mass is 207 g/mol. The number of halogens is 1. The van der Waals surface area contributed by atoms with Crippen LogP contribution in [0.1, 0.15) is 12.8 Å². The Bertz CT molecular complexity index is 169. The number of carbonyl (C=O) groups excluding carboxylic acids is 2. The maximum atomic E-state index is 11.1. The highest BCUT2D eigenvalue weighted by atomic mass is 35.5. The molecule has 1 saturated heterocycles. The molecule has 0 unspecified atom stereocenters. The lowest BCUT2D eigenvalue weighted by molar-refractivity contribution is -0.150. The van der Waals surface area contributed by atoms with Crippen molar-refractivity contribution in [1.82, 2.24) is 5.32 Å². The van der Waals surface area contributed by atoms with Crippen molar-refractivity contribution in [3.8, 4) is 0 Å². The van der Waals surface area contributed by atoms with Gasteiger partial charge in [-0.05, 0) is 25.9 Å². The molecule has 0 aromatic heterocycles. The number of rotatable bonds is 3. The fourth-order valence-corrected chi connectivity index (χ4v) is 1.29. The van der Waals surface area contributed by atoms with Crippen LogP contribution in [0.3, 0.4) is 0 Å². The molecule has 1 aliphatic heterocycles. The molecule has 0 aromatic rings. The summed E-state index contributed by atoms with van der Waals surface area (Å²) in [6.45, 7) is 1.62. The fraction of sp³-hybridized carbons (Fsp3) is 0.750. The molecule has 0 amide bonds. The molecule has 1 fully saturated rings. The van der Waals surface area contributed by atoms with Crippen LogP contribution in [0.15, 0.2) is 0 Å². The quantitative estimate of drug-likeness (QED) is 0.529. The number of aldehydes is 1. The summed E-state index contributed by atoms with van der Waals surface area (Å²) in [5.41, 5.74) is 0. The molecule has 76 valence electrons. The van der Waals surface area contributed by atoms with E-state index in [4.69, 9.17) is 4.74 Å². The average molecular weight is 208 g/mol. The van der Waals surface area contributed by atoms with Crippen LogP contribution in [0.5, 0.6) is 0 Å². The lowest BCUT2D eigenvalue weighted by Gasteiger charge is -2.20. The van der Waals surface area contributed by atoms with Gasteiger partial charge in [-0.3, -0.25) is 9.59 Å². The first-order valence-corrected chi connectivity index (χ1v) is 4.15. The zero-order valence-corrected chi connectivity index (χ0v) is 8.14. The van der Waals surface area contributed by atoms with Crippen molar-refractivity contribution < 1.29 is 14.3 Å². The van der Waals surface area contributed by atoms with E-state index in [-0.39, 0.29) is 30.9 Å². The molecule has 0 bridgehead atoms. The van der Waals surface area contributed by atoms with Gasteiger partial charge in [-0.2, -0.15) is 0 Å². The van der Waals surface area contributed by atoms with Gasteiger partial charge in [0.25, 0.3) is 0 Å². The van der Waals surface area contributed by atoms with E-state index in [1.807, 2.05) is 0 Å². The minimum absolute atomic E-state index is 0. The minimum Gasteiger partial charge on any atom is -0.458 e. The summed E-state index contributed by atoms with van der Waals surface area (Å²) >= 11 is 0. The molecule has 0 aliphatic carbocycles. The molecular weight excluding hydrogens is 194 g/mol. The first kappa shape index (κ1) is 12.4. The van der Waals surface area contributed by atoms with Gasteiger partial charge in [-0.1, -0.05) is 0 Å². The molecule has 0 spiro atoms. The molecule has 1 aliphatic rings. The predicted molar refractivity (Wildman–Crippen MR) is 49.9 cm³/mol. The molecule has 1 heterocycles. The van der Waals surface area contributed by atoms with E-state index in [9.17, 15) is 9.59 Å². The molecule has 5 heteroatoms. The Labute approximate surface area is 83.4 Å². The molecule has 1 rings (SSSR count). The first-order valence-electron chi connectivity index (χ1n) is 4.15. The molecule has 1 N–H and O–H groups in total. The average Bonchev–Trinajstić information content (AvgIpc) is 2.15. The van der Waals surface area contributed by atoms with Crippen molar-refractivity contribution in [2.75, 3.05) is 19.7 Å². The van der Waals surface area contributed by atoms with Gasteiger partial charge in [-0.15, -0.1) is 12.4 Å². The van der Waals surface area contributed by atoms with Crippen molar-refractivity contribution in [3.05, 3.63) is 0 Å². The van der Waals surface area contributed by atoms with Crippen LogP contribution < -0.4 is 5.32 Å². The SMILES string of the molecule is Cl.O=CCOC(=O)C1CCNCC1. The fourth-order valence-electron chi connectivity index (χ4n) is 1.29. The van der Waals surface area contributed by atoms with Crippen LogP contribution in [0, 0.1) is 5.92 Å². The number of hydrogen-bond acceptors (Lipinski definition) is 4. The van der Waals surface area contributed by atoms with Gasteiger partial charge >= 0.3 is 5.97 Å². The van der Waals surface area contributed by atoms with E-state index < -0.39 is 0 Å². The maximum Gasteiger partial charge on any atom is 0.309 e. The van der Waals surface area contributed by atoms with E-state index >= 15 is 0 Å². The standard InChI is InChI=1S/C8H13NO3.ClH/c10-5-6-12-8(11)7-1-3-9-4-2-7;/h5,7,9H,1-4,6H2;1H. The van der Waals surface area contributed by atoms with E-state index in [1.165, 1.54) is 0 Å². The zero-order chi connectivity index (χ0) is 8.81. The second-order valence-electron chi connectivity index (χ2n) is 2.82. The summed E-state index contributed by atoms with van der Waals surface area (Å²) in [6, 6.07) is 0. The molecule has 13 heavy (non-hydrogen) atoms. The van der Waals surface area contributed by atoms with E-state index in [2.05, 4.69) is 5.32 Å². The van der Waals surface area contributed by atoms with Gasteiger partial charge < -0.3 is 10.1 Å². The normalized spacial score (nSPS) is 17.2. The van der Waals surface area contributed by atoms with E-state index in [0.29, 0.717) is 6.29 Å². The smallest absolute Gasteiger partial charge is 0.309 e. The third-order valence-electron chi connectivity index (χ3n) is 1.97. The van der Waals surface area contributed by atoms with Crippen LogP contribution >= 0.6 is 12.4 Å². The highest BCUT2D eigenvalue weighted by Crippen LogP contribution is 2.12. The number of carbonyl (C=O) groups is 2. The summed E-state index contributed by atoms with van der Waals surface area (Å²) in [5.74, 6) is -0.241. The summed E-state index contributed by atoms with van der Waals surface area (Å²) in [4.78, 5) is 21.1. The van der Waals surface area contributed by atoms with Gasteiger partial charge in [-0.25, -0.2) is 0 Å². The van der Waals surface area contributed by atoms with Crippen molar-refractivity contribution in [2.24, 2.45) is 5.92 Å². The molecular formula is C8H14ClNO3. The number of esters is 1. The van der Waals surface area contributed by atoms with Crippen LogP contribution in [0.4, 0.5) is 0 Å². The number of ether oxygens (including phenoxy) is 1. The van der Waals surface area contributed by atoms with Crippen LogP contribution in [-0.4, -0.2) is 32.0 Å². The van der Waals surface area contributed by atoms with Crippen molar-refractivity contribution in [1.29, 1.82) is 0 Å². The molecule has 0 aromatic carbocycles. The van der Waals surface area contributed by atoms with E-state index in [1.54, 1.807) is 0 Å². The maximum absolute atomic E-state index is 11.1. The predicted octanol–water partition coefficient (Wildman–Crippen LogP) is 0.150. The van der Waals surface area contributed by atoms with Gasteiger partial charge in [0, 0.05) is 0 Å². The minimum atomic E-state index is -0.233. The Morgan fingerprint density at radius 1 is 1.46 bits per heavy atom. The first-order chi connectivity index (χ1) is 5.84. The van der Waals surface area contributed by atoms with Crippen molar-refractivity contribution >= 4 is 24.7 Å². The van der Waals surface area contributed by atoms with Crippen LogP contribution in [0.2, 0.25) is 0 Å². The Morgan fingerprint density at radius 2 is 2.08 bits per heavy atom. The summed E-state index contributed by atoms with van der Waals surface area (Å²) < 4.78 is 4.70. The Morgan fingerprint density at radius 3 is 2.62 bits per heavy atom. The highest BCUT2D eigenvalue weighted by Gasteiger charge is 2.21. The van der Waals surface area contributed by atoms with Gasteiger partial charge in [0.1, 0.15) is 6.61 Å². The lowest BCUT2D eigenvalue weighted by atomic mass is 9.99. The second kappa shape index (κ2) is 6.86. The Kier molecular flexibility index (Phi) is 6.54. The van der Waals surface area contributed by atoms with Gasteiger partial charge in [0.05, 0.1) is 5.92 Å². The topological polar surface area (TPSA) is 55.4 Å². The molecule has 4 nitrogen and oxygen atoms in total. The lowest BCUT2D eigenvalue weighted by Crippen LogP contribution is -2.32.